The number of hydrogen-bond acceptors (Lipinski definition) is 3. The van der Waals surface area contributed by atoms with Crippen LogP contribution in [-0.4, -0.2) is 15.1 Å². The second-order valence-corrected chi connectivity index (χ2v) is 4.93. The molecule has 16 heavy (non-hydrogen) atoms. The zero-order valence-electron chi connectivity index (χ0n) is 7.78. The lowest BCUT2D eigenvalue weighted by atomic mass is 10.2. The average Bonchev–Trinajstić information content (AvgIpc) is 2.26. The largest absolute Gasteiger partial charge is 0.506 e. The van der Waals surface area contributed by atoms with E-state index in [1.54, 1.807) is 18.3 Å². The van der Waals surface area contributed by atoms with E-state index < -0.39 is 0 Å². The maximum Gasteiger partial charge on any atom is 0.160 e. The van der Waals surface area contributed by atoms with Crippen LogP contribution in [-0.2, 0) is 0 Å². The summed E-state index contributed by atoms with van der Waals surface area (Å²) in [7, 11) is 0. The van der Waals surface area contributed by atoms with E-state index in [-0.39, 0.29) is 10.8 Å². The third kappa shape index (κ3) is 2.39. The standard InChI is InChI=1S/C10H5Cl2IN2O/c11-6-3-5(1-2-8(6)16)10-14-4-7(13)9(12)15-10/h1-4,16H. The van der Waals surface area contributed by atoms with E-state index in [1.165, 1.54) is 6.07 Å². The van der Waals surface area contributed by atoms with Gasteiger partial charge in [-0.1, -0.05) is 23.2 Å². The normalized spacial score (nSPS) is 10.4. The first-order chi connectivity index (χ1) is 7.58. The Hall–Kier alpha value is -0.590. The summed E-state index contributed by atoms with van der Waals surface area (Å²) in [5.41, 5.74) is 0.709. The molecule has 1 aromatic heterocycles. The fourth-order valence-electron chi connectivity index (χ4n) is 1.13. The van der Waals surface area contributed by atoms with E-state index >= 15 is 0 Å². The van der Waals surface area contributed by atoms with Crippen molar-refractivity contribution in [2.45, 2.75) is 0 Å². The first-order valence-electron chi connectivity index (χ1n) is 4.25. The molecule has 2 aromatic rings. The van der Waals surface area contributed by atoms with Crippen molar-refractivity contribution < 1.29 is 5.11 Å². The summed E-state index contributed by atoms with van der Waals surface area (Å²) in [5, 5.41) is 9.95. The van der Waals surface area contributed by atoms with Gasteiger partial charge in [0.25, 0.3) is 0 Å². The highest BCUT2D eigenvalue weighted by molar-refractivity contribution is 14.1. The predicted molar refractivity (Wildman–Crippen MR) is 71.9 cm³/mol. The second kappa shape index (κ2) is 4.73. The van der Waals surface area contributed by atoms with Gasteiger partial charge in [0.15, 0.2) is 5.82 Å². The van der Waals surface area contributed by atoms with Crippen molar-refractivity contribution in [2.24, 2.45) is 0 Å². The molecule has 0 aliphatic rings. The van der Waals surface area contributed by atoms with E-state index in [1.807, 2.05) is 22.6 Å². The molecule has 0 amide bonds. The van der Waals surface area contributed by atoms with Crippen LogP contribution in [0.25, 0.3) is 11.4 Å². The van der Waals surface area contributed by atoms with Gasteiger partial charge in [0, 0.05) is 11.8 Å². The van der Waals surface area contributed by atoms with Gasteiger partial charge in [-0.3, -0.25) is 0 Å². The molecule has 0 aliphatic carbocycles. The van der Waals surface area contributed by atoms with Crippen LogP contribution in [0.5, 0.6) is 5.75 Å². The molecule has 0 radical (unpaired) electrons. The van der Waals surface area contributed by atoms with Crippen LogP contribution in [0.4, 0.5) is 0 Å². The number of phenols is 1. The monoisotopic (exact) mass is 366 g/mol. The summed E-state index contributed by atoms with van der Waals surface area (Å²) in [5.74, 6) is 0.509. The van der Waals surface area contributed by atoms with Crippen molar-refractivity contribution in [3.05, 3.63) is 38.1 Å². The number of aromatic hydroxyl groups is 1. The molecule has 3 nitrogen and oxygen atoms in total. The Bertz CT molecular complexity index is 499. The summed E-state index contributed by atoms with van der Waals surface area (Å²) in [6.45, 7) is 0. The quantitative estimate of drug-likeness (QED) is 0.617. The van der Waals surface area contributed by atoms with Crippen LogP contribution in [0, 0.1) is 3.57 Å². The van der Waals surface area contributed by atoms with E-state index in [9.17, 15) is 5.11 Å². The Morgan fingerprint density at radius 2 is 2.00 bits per heavy atom. The van der Waals surface area contributed by atoms with Gasteiger partial charge in [-0.2, -0.15) is 0 Å². The molecule has 0 aliphatic heterocycles. The highest BCUT2D eigenvalue weighted by Crippen LogP contribution is 2.28. The summed E-state index contributed by atoms with van der Waals surface area (Å²) in [4.78, 5) is 8.26. The predicted octanol–water partition coefficient (Wildman–Crippen LogP) is 3.76. The van der Waals surface area contributed by atoms with Crippen molar-refractivity contribution in [1.29, 1.82) is 0 Å². The van der Waals surface area contributed by atoms with Gasteiger partial charge in [0.2, 0.25) is 0 Å². The highest BCUT2D eigenvalue weighted by atomic mass is 127. The summed E-state index contributed by atoms with van der Waals surface area (Å²) < 4.78 is 0.785. The van der Waals surface area contributed by atoms with Gasteiger partial charge in [0.05, 0.1) is 8.59 Å². The molecule has 0 spiro atoms. The summed E-state index contributed by atoms with van der Waals surface area (Å²) in [6, 6.07) is 4.77. The van der Waals surface area contributed by atoms with E-state index in [0.717, 1.165) is 3.57 Å². The van der Waals surface area contributed by atoms with Crippen LogP contribution in [0.3, 0.4) is 0 Å². The molecule has 0 unspecified atom stereocenters. The molecular weight excluding hydrogens is 362 g/mol. The van der Waals surface area contributed by atoms with Crippen molar-refractivity contribution in [2.75, 3.05) is 0 Å². The minimum absolute atomic E-state index is 0.0297. The van der Waals surface area contributed by atoms with Crippen molar-refractivity contribution in [3.63, 3.8) is 0 Å². The molecule has 0 fully saturated rings. The van der Waals surface area contributed by atoms with Crippen LogP contribution in [0.1, 0.15) is 0 Å². The lowest BCUT2D eigenvalue weighted by Crippen LogP contribution is -1.91. The number of nitrogens with zero attached hydrogens (tertiary/aromatic N) is 2. The topological polar surface area (TPSA) is 46.0 Å². The third-order valence-corrected chi connectivity index (χ3v) is 3.61. The SMILES string of the molecule is Oc1ccc(-c2ncc(I)c(Cl)n2)cc1Cl. The van der Waals surface area contributed by atoms with Crippen molar-refractivity contribution in [3.8, 4) is 17.1 Å². The highest BCUT2D eigenvalue weighted by Gasteiger charge is 2.07. The van der Waals surface area contributed by atoms with Gasteiger partial charge in [-0.15, -0.1) is 0 Å². The fourth-order valence-corrected chi connectivity index (χ4v) is 1.70. The zero-order chi connectivity index (χ0) is 11.7. The molecule has 0 bridgehead atoms. The van der Waals surface area contributed by atoms with Crippen LogP contribution >= 0.6 is 45.8 Å². The number of aromatic nitrogens is 2. The number of phenolic OH excluding ortho intramolecular Hbond substituents is 1. The molecule has 1 N–H and O–H groups in total. The molecule has 0 saturated carbocycles. The summed E-state index contributed by atoms with van der Waals surface area (Å²) >= 11 is 13.7. The van der Waals surface area contributed by atoms with Crippen molar-refractivity contribution >= 4 is 45.8 Å². The van der Waals surface area contributed by atoms with Crippen LogP contribution in [0.2, 0.25) is 10.2 Å². The third-order valence-electron chi connectivity index (χ3n) is 1.91. The Balaban J connectivity index is 2.50. The Morgan fingerprint density at radius 3 is 2.62 bits per heavy atom. The molecule has 2 rings (SSSR count). The molecule has 0 saturated heterocycles. The van der Waals surface area contributed by atoms with Gasteiger partial charge in [0.1, 0.15) is 10.9 Å². The maximum atomic E-state index is 9.29. The first kappa shape index (κ1) is 11.9. The van der Waals surface area contributed by atoms with Crippen LogP contribution < -0.4 is 0 Å². The average molecular weight is 367 g/mol. The lowest BCUT2D eigenvalue weighted by molar-refractivity contribution is 0.475. The second-order valence-electron chi connectivity index (χ2n) is 3.00. The molecular formula is C10H5Cl2IN2O. The van der Waals surface area contributed by atoms with Gasteiger partial charge in [-0.05, 0) is 40.8 Å². The maximum absolute atomic E-state index is 9.29. The van der Waals surface area contributed by atoms with E-state index in [0.29, 0.717) is 16.5 Å². The number of benzene rings is 1. The Morgan fingerprint density at radius 1 is 1.25 bits per heavy atom. The van der Waals surface area contributed by atoms with E-state index in [4.69, 9.17) is 23.2 Å². The van der Waals surface area contributed by atoms with E-state index in [2.05, 4.69) is 9.97 Å². The molecule has 1 aromatic carbocycles. The molecule has 82 valence electrons. The number of halogens is 3. The fraction of sp³-hybridized carbons (Fsp3) is 0. The zero-order valence-corrected chi connectivity index (χ0v) is 11.5. The lowest BCUT2D eigenvalue weighted by Gasteiger charge is -2.03. The first-order valence-corrected chi connectivity index (χ1v) is 6.08. The minimum Gasteiger partial charge on any atom is -0.506 e. The van der Waals surface area contributed by atoms with Gasteiger partial charge in [-0.25, -0.2) is 9.97 Å². The Labute approximate surface area is 116 Å². The number of hydrogen-bond donors (Lipinski definition) is 1. The smallest absolute Gasteiger partial charge is 0.160 e. The van der Waals surface area contributed by atoms with Gasteiger partial charge < -0.3 is 5.11 Å². The molecule has 1 heterocycles. The van der Waals surface area contributed by atoms with Crippen molar-refractivity contribution in [1.82, 2.24) is 9.97 Å². The van der Waals surface area contributed by atoms with Gasteiger partial charge >= 0.3 is 0 Å². The molecule has 6 heteroatoms. The Kier molecular flexibility index (Phi) is 3.51. The van der Waals surface area contributed by atoms with Crippen LogP contribution in [0.15, 0.2) is 24.4 Å². The molecule has 0 atom stereocenters. The number of rotatable bonds is 1. The minimum atomic E-state index is 0.0297. The summed E-state index contributed by atoms with van der Waals surface area (Å²) in [6.07, 6.45) is 1.63.